The van der Waals surface area contributed by atoms with E-state index in [0.717, 1.165) is 39.9 Å². The van der Waals surface area contributed by atoms with Crippen LogP contribution in [-0.4, -0.2) is 60.0 Å². The third kappa shape index (κ3) is 3.33. The van der Waals surface area contributed by atoms with Crippen LogP contribution in [0.4, 0.5) is 5.69 Å². The van der Waals surface area contributed by atoms with E-state index in [1.54, 1.807) is 17.0 Å². The summed E-state index contributed by atoms with van der Waals surface area (Å²) >= 11 is 0. The number of H-pyrrole nitrogens is 1. The number of fused-ring (bicyclic) bond motifs is 2. The fraction of sp³-hybridized carbons (Fsp3) is 0.333. The Balaban J connectivity index is 1.76. The molecule has 1 aliphatic heterocycles. The Morgan fingerprint density at radius 3 is 2.93 bits per heavy atom. The van der Waals surface area contributed by atoms with Gasteiger partial charge < -0.3 is 19.2 Å². The van der Waals surface area contributed by atoms with Crippen LogP contribution in [0.15, 0.2) is 42.9 Å². The molecular weight excluding hydrogens is 402 g/mol. The molecule has 5 heterocycles. The quantitative estimate of drug-likeness (QED) is 0.540. The largest absolute Gasteiger partial charge is 0.377 e. The van der Waals surface area contributed by atoms with Crippen molar-refractivity contribution < 1.29 is 13.2 Å². The molecular formula is C21H23N5O3S. The highest BCUT2D eigenvalue weighted by atomic mass is 32.2. The van der Waals surface area contributed by atoms with E-state index in [9.17, 15) is 8.42 Å². The molecule has 1 fully saturated rings. The molecule has 4 aromatic heterocycles. The van der Waals surface area contributed by atoms with Crippen molar-refractivity contribution in [3.8, 4) is 11.3 Å². The Bertz CT molecular complexity index is 1340. The van der Waals surface area contributed by atoms with Crippen molar-refractivity contribution in [3.63, 3.8) is 0 Å². The topological polar surface area (TPSA) is 93.1 Å². The molecule has 0 radical (unpaired) electrons. The highest BCUT2D eigenvalue weighted by Crippen LogP contribution is 2.35. The molecule has 30 heavy (non-hydrogen) atoms. The molecule has 5 rings (SSSR count). The van der Waals surface area contributed by atoms with E-state index in [4.69, 9.17) is 9.72 Å². The third-order valence-electron chi connectivity index (χ3n) is 5.50. The Hall–Kier alpha value is -2.91. The summed E-state index contributed by atoms with van der Waals surface area (Å²) in [4.78, 5) is 14.7. The van der Waals surface area contributed by atoms with E-state index in [1.165, 1.54) is 6.26 Å². The number of ether oxygens (including phenoxy) is 1. The molecule has 0 aromatic carbocycles. The summed E-state index contributed by atoms with van der Waals surface area (Å²) in [7, 11) is -3.22. The summed E-state index contributed by atoms with van der Waals surface area (Å²) in [6.07, 6.45) is 6.65. The monoisotopic (exact) mass is 425 g/mol. The lowest BCUT2D eigenvalue weighted by atomic mass is 10.1. The van der Waals surface area contributed by atoms with E-state index < -0.39 is 9.84 Å². The first-order chi connectivity index (χ1) is 14.4. The number of nitrogens with one attached hydrogen (secondary N) is 1. The zero-order chi connectivity index (χ0) is 20.9. The van der Waals surface area contributed by atoms with Gasteiger partial charge in [-0.15, -0.1) is 0 Å². The second-order valence-corrected chi connectivity index (χ2v) is 9.93. The number of sulfone groups is 1. The van der Waals surface area contributed by atoms with Crippen LogP contribution in [0.25, 0.3) is 33.3 Å². The number of pyridine rings is 2. The maximum atomic E-state index is 12.0. The predicted molar refractivity (Wildman–Crippen MR) is 117 cm³/mol. The summed E-state index contributed by atoms with van der Waals surface area (Å²) in [5, 5.41) is 1.92. The second-order valence-electron chi connectivity index (χ2n) is 7.82. The molecule has 4 aromatic rings. The van der Waals surface area contributed by atoms with Crippen LogP contribution in [0.5, 0.6) is 0 Å². The van der Waals surface area contributed by atoms with Gasteiger partial charge in [-0.1, -0.05) is 0 Å². The minimum atomic E-state index is -3.22. The van der Waals surface area contributed by atoms with Crippen molar-refractivity contribution in [1.29, 1.82) is 0 Å². The molecule has 1 N–H and O–H groups in total. The molecule has 0 spiro atoms. The lowest BCUT2D eigenvalue weighted by Gasteiger charge is -2.35. The average molecular weight is 426 g/mol. The van der Waals surface area contributed by atoms with Gasteiger partial charge in [0.15, 0.2) is 9.84 Å². The normalized spacial score (nSPS) is 17.8. The number of hydrogen-bond acceptors (Lipinski definition) is 6. The summed E-state index contributed by atoms with van der Waals surface area (Å²) in [6, 6.07) is 8.18. The van der Waals surface area contributed by atoms with E-state index in [-0.39, 0.29) is 11.9 Å². The second kappa shape index (κ2) is 7.10. The van der Waals surface area contributed by atoms with Gasteiger partial charge in [-0.05, 0) is 31.2 Å². The smallest absolute Gasteiger partial charge is 0.165 e. The molecule has 0 saturated carbocycles. The minimum absolute atomic E-state index is 0.110. The Morgan fingerprint density at radius 2 is 2.13 bits per heavy atom. The van der Waals surface area contributed by atoms with Crippen LogP contribution in [0.3, 0.4) is 0 Å². The molecule has 0 amide bonds. The SMILES string of the molecule is C[C@@H]1COCCN1c1cc(-c2ccnc3[nH]ccc23)nc2c1ccn2CS(C)(=O)=O. The van der Waals surface area contributed by atoms with Gasteiger partial charge in [0.05, 0.1) is 24.6 Å². The fourth-order valence-corrected chi connectivity index (χ4v) is 4.86. The number of rotatable bonds is 4. The third-order valence-corrected chi connectivity index (χ3v) is 6.24. The van der Waals surface area contributed by atoms with Gasteiger partial charge in [0.25, 0.3) is 0 Å². The van der Waals surface area contributed by atoms with Crippen molar-refractivity contribution in [1.82, 2.24) is 19.5 Å². The molecule has 0 aliphatic carbocycles. The first-order valence-electron chi connectivity index (χ1n) is 9.85. The van der Waals surface area contributed by atoms with Crippen molar-refractivity contribution >= 4 is 37.6 Å². The van der Waals surface area contributed by atoms with Crippen molar-refractivity contribution in [2.75, 3.05) is 30.9 Å². The van der Waals surface area contributed by atoms with Crippen LogP contribution in [0.2, 0.25) is 0 Å². The van der Waals surface area contributed by atoms with Gasteiger partial charge in [-0.25, -0.2) is 18.4 Å². The fourth-order valence-electron chi connectivity index (χ4n) is 4.14. The number of morpholine rings is 1. The lowest BCUT2D eigenvalue weighted by Crippen LogP contribution is -2.43. The highest BCUT2D eigenvalue weighted by Gasteiger charge is 2.24. The molecule has 9 heteroatoms. The average Bonchev–Trinajstić information content (AvgIpc) is 3.34. The minimum Gasteiger partial charge on any atom is -0.377 e. The van der Waals surface area contributed by atoms with Gasteiger partial charge in [0.2, 0.25) is 0 Å². The Morgan fingerprint density at radius 1 is 1.27 bits per heavy atom. The van der Waals surface area contributed by atoms with Gasteiger partial charge in [-0.3, -0.25) is 0 Å². The van der Waals surface area contributed by atoms with E-state index >= 15 is 0 Å². The number of anilines is 1. The van der Waals surface area contributed by atoms with Crippen molar-refractivity contribution in [3.05, 3.63) is 42.9 Å². The van der Waals surface area contributed by atoms with Crippen molar-refractivity contribution in [2.45, 2.75) is 18.8 Å². The molecule has 0 unspecified atom stereocenters. The van der Waals surface area contributed by atoms with Crippen LogP contribution in [0, 0.1) is 0 Å². The standard InChI is InChI=1S/C21H23N5O3S/c1-14-12-29-10-9-26(14)19-11-18(15-3-6-22-20-16(15)4-7-23-20)24-21-17(19)5-8-25(21)13-30(2,27)28/h3-8,11,14H,9-10,12-13H2,1-2H3,(H,22,23)/t14-/m1/s1. The first kappa shape index (κ1) is 19.1. The summed E-state index contributed by atoms with van der Waals surface area (Å²) in [5.41, 5.74) is 4.24. The van der Waals surface area contributed by atoms with E-state index in [0.29, 0.717) is 18.9 Å². The van der Waals surface area contributed by atoms with Gasteiger partial charge >= 0.3 is 0 Å². The van der Waals surface area contributed by atoms with E-state index in [1.807, 2.05) is 24.4 Å². The summed E-state index contributed by atoms with van der Waals surface area (Å²) < 4.78 is 31.3. The van der Waals surface area contributed by atoms with Crippen LogP contribution in [-0.2, 0) is 20.5 Å². The number of nitrogens with zero attached hydrogens (tertiary/aromatic N) is 4. The Labute approximate surface area is 174 Å². The summed E-state index contributed by atoms with van der Waals surface area (Å²) in [5.74, 6) is -0.110. The van der Waals surface area contributed by atoms with Crippen LogP contribution in [0.1, 0.15) is 6.92 Å². The number of aromatic nitrogens is 4. The number of aromatic amines is 1. The maximum absolute atomic E-state index is 12.0. The highest BCUT2D eigenvalue weighted by molar-refractivity contribution is 7.89. The van der Waals surface area contributed by atoms with Crippen molar-refractivity contribution in [2.24, 2.45) is 0 Å². The zero-order valence-corrected chi connectivity index (χ0v) is 17.7. The van der Waals surface area contributed by atoms with Gasteiger partial charge in [-0.2, -0.15) is 0 Å². The van der Waals surface area contributed by atoms with Gasteiger partial charge in [0.1, 0.15) is 17.2 Å². The van der Waals surface area contributed by atoms with Crippen LogP contribution >= 0.6 is 0 Å². The van der Waals surface area contributed by atoms with Gasteiger partial charge in [0, 0.05) is 53.8 Å². The predicted octanol–water partition coefficient (Wildman–Crippen LogP) is 2.81. The molecule has 1 saturated heterocycles. The van der Waals surface area contributed by atoms with Crippen LogP contribution < -0.4 is 4.90 Å². The molecule has 1 aliphatic rings. The molecule has 0 bridgehead atoms. The molecule has 1 atom stereocenters. The Kier molecular flexibility index (Phi) is 4.52. The lowest BCUT2D eigenvalue weighted by molar-refractivity contribution is 0.0991. The summed E-state index contributed by atoms with van der Waals surface area (Å²) in [6.45, 7) is 4.22. The molecule has 156 valence electrons. The zero-order valence-electron chi connectivity index (χ0n) is 16.9. The van der Waals surface area contributed by atoms with E-state index in [2.05, 4.69) is 27.9 Å². The molecule has 8 nitrogen and oxygen atoms in total. The maximum Gasteiger partial charge on any atom is 0.165 e. The first-order valence-corrected chi connectivity index (χ1v) is 11.9. The number of hydrogen-bond donors (Lipinski definition) is 1.